The molecule has 4 nitrogen and oxygen atoms in total. The number of hydrogen-bond acceptors (Lipinski definition) is 3. The van der Waals surface area contributed by atoms with E-state index in [4.69, 9.17) is 9.16 Å². The van der Waals surface area contributed by atoms with Crippen LogP contribution < -0.4 is 4.90 Å². The van der Waals surface area contributed by atoms with Crippen molar-refractivity contribution in [3.05, 3.63) is 30.3 Å². The maximum Gasteiger partial charge on any atom is 0.414 e. The zero-order valence-corrected chi connectivity index (χ0v) is 18.2. The first-order chi connectivity index (χ1) is 11.3. The summed E-state index contributed by atoms with van der Waals surface area (Å²) in [6, 6.07) is 9.66. The number of carbonyl (C=O) groups is 1. The van der Waals surface area contributed by atoms with Gasteiger partial charge in [0.15, 0.2) is 8.32 Å². The fourth-order valence-corrected chi connectivity index (χ4v) is 3.10. The van der Waals surface area contributed by atoms with Crippen molar-refractivity contribution < 1.29 is 14.0 Å². The Hall–Kier alpha value is -1.33. The zero-order valence-electron chi connectivity index (χ0n) is 17.2. The second-order valence-corrected chi connectivity index (χ2v) is 13.7. The van der Waals surface area contributed by atoms with Crippen molar-refractivity contribution in [2.24, 2.45) is 0 Å². The first-order valence-electron chi connectivity index (χ1n) is 9.03. The summed E-state index contributed by atoms with van der Waals surface area (Å²) in [4.78, 5) is 14.3. The Morgan fingerprint density at radius 2 is 1.60 bits per heavy atom. The number of rotatable bonds is 6. The molecule has 0 aliphatic heterocycles. The predicted molar refractivity (Wildman–Crippen MR) is 108 cm³/mol. The van der Waals surface area contributed by atoms with Gasteiger partial charge in [0.25, 0.3) is 0 Å². The number of ether oxygens (including phenoxy) is 1. The summed E-state index contributed by atoms with van der Waals surface area (Å²) in [6.45, 7) is 18.1. The van der Waals surface area contributed by atoms with Crippen molar-refractivity contribution in [1.82, 2.24) is 0 Å². The highest BCUT2D eigenvalue weighted by Gasteiger charge is 2.36. The molecule has 0 bridgehead atoms. The van der Waals surface area contributed by atoms with Gasteiger partial charge in [-0.25, -0.2) is 4.79 Å². The summed E-state index contributed by atoms with van der Waals surface area (Å²) < 4.78 is 11.8. The van der Waals surface area contributed by atoms with Crippen molar-refractivity contribution in [2.75, 3.05) is 18.1 Å². The lowest BCUT2D eigenvalue weighted by atomic mass is 10.2. The lowest BCUT2D eigenvalue weighted by Gasteiger charge is -2.36. The third kappa shape index (κ3) is 7.20. The number of anilines is 1. The van der Waals surface area contributed by atoms with Gasteiger partial charge in [0.2, 0.25) is 0 Å². The summed E-state index contributed by atoms with van der Waals surface area (Å²) in [5, 5.41) is 0.192. The molecule has 0 aliphatic carbocycles. The van der Waals surface area contributed by atoms with Gasteiger partial charge in [-0.2, -0.15) is 0 Å². The molecule has 1 amide bonds. The molecule has 0 aromatic heterocycles. The second-order valence-electron chi connectivity index (χ2n) is 8.93. The number of para-hydroxylation sites is 1. The van der Waals surface area contributed by atoms with Crippen molar-refractivity contribution in [2.45, 2.75) is 71.7 Å². The van der Waals surface area contributed by atoms with E-state index in [2.05, 4.69) is 33.9 Å². The molecule has 0 N–H and O–H groups in total. The van der Waals surface area contributed by atoms with Gasteiger partial charge in [0.05, 0.1) is 0 Å². The first kappa shape index (κ1) is 21.7. The smallest absolute Gasteiger partial charge is 0.414 e. The Morgan fingerprint density at radius 1 is 1.04 bits per heavy atom. The van der Waals surface area contributed by atoms with Gasteiger partial charge >= 0.3 is 6.09 Å². The quantitative estimate of drug-likeness (QED) is 0.469. The molecule has 1 aromatic carbocycles. The Kier molecular flexibility index (Phi) is 7.26. The Bertz CT molecular complexity index is 544. The molecule has 1 rings (SSSR count). The maximum atomic E-state index is 12.6. The van der Waals surface area contributed by atoms with E-state index in [0.29, 0.717) is 13.2 Å². The molecule has 25 heavy (non-hydrogen) atoms. The third-order valence-corrected chi connectivity index (χ3v) is 9.02. The lowest BCUT2D eigenvalue weighted by Crippen LogP contribution is -2.42. The summed E-state index contributed by atoms with van der Waals surface area (Å²) in [6.07, 6.45) is 0.465. The topological polar surface area (TPSA) is 38.8 Å². The molecule has 0 atom stereocenters. The predicted octanol–water partition coefficient (Wildman–Crippen LogP) is 5.84. The standard InChI is InChI=1S/C20H35NO3Si/c1-19(2,3)24-18(22)21(17-13-10-9-11-14-17)15-12-16-23-25(7,8)20(4,5)6/h9-11,13-14H,12,15-16H2,1-8H3. The molecular formula is C20H35NO3Si. The third-order valence-electron chi connectivity index (χ3n) is 4.48. The number of hydrogen-bond donors (Lipinski definition) is 0. The molecule has 0 saturated heterocycles. The van der Waals surface area contributed by atoms with Crippen LogP contribution >= 0.6 is 0 Å². The van der Waals surface area contributed by atoms with Gasteiger partial charge < -0.3 is 9.16 Å². The van der Waals surface area contributed by atoms with Crippen LogP contribution in [0, 0.1) is 0 Å². The molecule has 1 aromatic rings. The monoisotopic (exact) mass is 365 g/mol. The fourth-order valence-electron chi connectivity index (χ4n) is 2.02. The largest absolute Gasteiger partial charge is 0.443 e. The Balaban J connectivity index is 2.71. The Labute approximate surface area is 154 Å². The minimum Gasteiger partial charge on any atom is -0.443 e. The van der Waals surface area contributed by atoms with E-state index in [-0.39, 0.29) is 11.1 Å². The van der Waals surface area contributed by atoms with Crippen LogP contribution in [0.1, 0.15) is 48.0 Å². The van der Waals surface area contributed by atoms with Gasteiger partial charge in [-0.05, 0) is 57.5 Å². The molecule has 0 saturated carbocycles. The normalized spacial score (nSPS) is 12.8. The van der Waals surface area contributed by atoms with Crippen LogP contribution in [-0.2, 0) is 9.16 Å². The molecule has 5 heteroatoms. The number of amides is 1. The highest BCUT2D eigenvalue weighted by atomic mass is 28.4. The van der Waals surface area contributed by atoms with Crippen LogP contribution in [0.2, 0.25) is 18.1 Å². The van der Waals surface area contributed by atoms with E-state index in [1.807, 2.05) is 51.1 Å². The molecule has 142 valence electrons. The lowest BCUT2D eigenvalue weighted by molar-refractivity contribution is 0.0578. The highest BCUT2D eigenvalue weighted by Crippen LogP contribution is 2.36. The number of nitrogens with zero attached hydrogens (tertiary/aromatic N) is 1. The van der Waals surface area contributed by atoms with Crippen LogP contribution in [0.5, 0.6) is 0 Å². The van der Waals surface area contributed by atoms with Crippen LogP contribution in [-0.4, -0.2) is 33.2 Å². The molecule has 0 unspecified atom stereocenters. The van der Waals surface area contributed by atoms with Crippen molar-refractivity contribution in [3.63, 3.8) is 0 Å². The number of carbonyl (C=O) groups excluding carboxylic acids is 1. The molecule has 0 radical (unpaired) electrons. The molecule has 0 heterocycles. The van der Waals surface area contributed by atoms with Crippen LogP contribution in [0.3, 0.4) is 0 Å². The van der Waals surface area contributed by atoms with E-state index >= 15 is 0 Å². The molecule has 0 aliphatic rings. The SMILES string of the molecule is CC(C)(C)OC(=O)N(CCCO[Si](C)(C)C(C)(C)C)c1ccccc1. The van der Waals surface area contributed by atoms with E-state index in [0.717, 1.165) is 12.1 Å². The minimum atomic E-state index is -1.76. The van der Waals surface area contributed by atoms with Gasteiger partial charge in [-0.3, -0.25) is 4.90 Å². The van der Waals surface area contributed by atoms with Crippen LogP contribution in [0.15, 0.2) is 30.3 Å². The average molecular weight is 366 g/mol. The van der Waals surface area contributed by atoms with Gasteiger partial charge in [0, 0.05) is 18.8 Å². The van der Waals surface area contributed by atoms with E-state index in [1.54, 1.807) is 4.90 Å². The summed E-state index contributed by atoms with van der Waals surface area (Å²) in [5.41, 5.74) is 0.339. The molecule has 0 fully saturated rings. The van der Waals surface area contributed by atoms with Crippen LogP contribution in [0.25, 0.3) is 0 Å². The maximum absolute atomic E-state index is 12.6. The molecule has 0 spiro atoms. The van der Waals surface area contributed by atoms with E-state index in [9.17, 15) is 4.79 Å². The summed E-state index contributed by atoms with van der Waals surface area (Å²) >= 11 is 0. The van der Waals surface area contributed by atoms with Crippen molar-refractivity contribution >= 4 is 20.1 Å². The highest BCUT2D eigenvalue weighted by molar-refractivity contribution is 6.74. The first-order valence-corrected chi connectivity index (χ1v) is 11.9. The van der Waals surface area contributed by atoms with E-state index < -0.39 is 13.9 Å². The van der Waals surface area contributed by atoms with E-state index in [1.165, 1.54) is 0 Å². The van der Waals surface area contributed by atoms with Gasteiger partial charge in [-0.15, -0.1) is 0 Å². The average Bonchev–Trinajstić information content (AvgIpc) is 2.44. The fraction of sp³-hybridized carbons (Fsp3) is 0.650. The summed E-state index contributed by atoms with van der Waals surface area (Å²) in [7, 11) is -1.76. The minimum absolute atomic E-state index is 0.192. The van der Waals surface area contributed by atoms with Crippen LogP contribution in [0.4, 0.5) is 10.5 Å². The zero-order chi connectivity index (χ0) is 19.3. The van der Waals surface area contributed by atoms with Crippen molar-refractivity contribution in [3.8, 4) is 0 Å². The Morgan fingerprint density at radius 3 is 2.08 bits per heavy atom. The van der Waals surface area contributed by atoms with Gasteiger partial charge in [0.1, 0.15) is 5.60 Å². The van der Waals surface area contributed by atoms with Gasteiger partial charge in [-0.1, -0.05) is 39.0 Å². The number of benzene rings is 1. The van der Waals surface area contributed by atoms with Crippen molar-refractivity contribution in [1.29, 1.82) is 0 Å². The molecular weight excluding hydrogens is 330 g/mol. The summed E-state index contributed by atoms with van der Waals surface area (Å²) in [5.74, 6) is 0. The second kappa shape index (κ2) is 8.36.